The third-order valence-electron chi connectivity index (χ3n) is 12.2. The minimum atomic E-state index is -1.37. The third kappa shape index (κ3) is 9.22. The van der Waals surface area contributed by atoms with Gasteiger partial charge in [0, 0.05) is 54.3 Å². The molecule has 335 valence electrons. The van der Waals surface area contributed by atoms with Gasteiger partial charge in [0.2, 0.25) is 0 Å². The summed E-state index contributed by atoms with van der Waals surface area (Å²) in [6.45, 7) is 23.2. The van der Waals surface area contributed by atoms with E-state index < -0.39 is 8.07 Å². The van der Waals surface area contributed by atoms with E-state index in [4.69, 9.17) is 19.4 Å². The van der Waals surface area contributed by atoms with Crippen molar-refractivity contribution < 1.29 is 24.5 Å². The Bertz CT molecular complexity index is 3290. The van der Waals surface area contributed by atoms with Gasteiger partial charge in [-0.3, -0.25) is 4.98 Å². The predicted octanol–water partition coefficient (Wildman–Crippen LogP) is 15.5. The van der Waals surface area contributed by atoms with E-state index in [-0.39, 0.29) is 37.4 Å². The number of nitrogens with zero attached hydrogens (tertiary/aromatic N) is 4. The van der Waals surface area contributed by atoms with Gasteiger partial charge in [-0.15, -0.1) is 54.1 Å². The Morgan fingerprint density at radius 2 is 1.33 bits per heavy atom. The quantitative estimate of drug-likeness (QED) is 0.112. The first-order valence-electron chi connectivity index (χ1n) is 22.9. The van der Waals surface area contributed by atoms with Crippen LogP contribution < -0.4 is 5.19 Å². The molecule has 0 unspecified atom stereocenters. The Morgan fingerprint density at radius 1 is 0.667 bits per heavy atom. The van der Waals surface area contributed by atoms with Crippen LogP contribution >= 0.6 is 0 Å². The van der Waals surface area contributed by atoms with Crippen LogP contribution in [0.2, 0.25) is 19.6 Å². The Morgan fingerprint density at radius 3 is 2.00 bits per heavy atom. The molecule has 0 atom stereocenters. The Labute approximate surface area is 404 Å². The molecule has 5 nitrogen and oxygen atoms in total. The standard InChI is InChI=1S/C40H32N3O.C19H26NSi.Ir/c1-24(2)33-21-28(26-13-6-5-7-14-26)22-34(25(3)4)37(33)43-39(42-36-29-16-9-8-15-27(29)23-41-40(36)43)32-19-12-18-31-30-17-10-11-20-35(30)44-38(31)32;1-19(2,3)13-16-12-17(15-10-8-7-9-11-15)20-14-18(16)21(4,5)6;/h5-18,20-25H,1-4H3;7-10,12,14H,13H2,1-6H3;/q2*-1;. The van der Waals surface area contributed by atoms with Gasteiger partial charge in [-0.1, -0.05) is 163 Å². The van der Waals surface area contributed by atoms with Crippen LogP contribution in [0, 0.1) is 17.5 Å². The van der Waals surface area contributed by atoms with Crippen molar-refractivity contribution in [2.24, 2.45) is 5.41 Å². The minimum Gasteiger partial charge on any atom is -0.501 e. The van der Waals surface area contributed by atoms with Crippen LogP contribution in [0.15, 0.2) is 150 Å². The molecule has 1 radical (unpaired) electrons. The van der Waals surface area contributed by atoms with Crippen molar-refractivity contribution in [3.05, 3.63) is 175 Å². The molecule has 0 N–H and O–H groups in total. The molecule has 0 spiro atoms. The number of fused-ring (bicyclic) bond motifs is 6. The Kier molecular flexibility index (Phi) is 13.2. The van der Waals surface area contributed by atoms with E-state index >= 15 is 0 Å². The van der Waals surface area contributed by atoms with E-state index in [9.17, 15) is 0 Å². The SMILES string of the molecule is CC(C)(C)Cc1cc(-c2[c-]cccc2)ncc1[Si](C)(C)C.CC(C)c1cc(-c2ccccc2)cc(C(C)C)c1-n1c(-c2[c-]ccc3c2oc2ccccc23)nc2c3ccccc3cnc21.[Ir]. The predicted molar refractivity (Wildman–Crippen MR) is 276 cm³/mol. The fourth-order valence-corrected chi connectivity index (χ4v) is 10.7. The third-order valence-corrected chi connectivity index (χ3v) is 14.3. The van der Waals surface area contributed by atoms with Gasteiger partial charge in [-0.2, -0.15) is 0 Å². The van der Waals surface area contributed by atoms with E-state index in [0.29, 0.717) is 0 Å². The maximum absolute atomic E-state index is 6.54. The van der Waals surface area contributed by atoms with Crippen molar-refractivity contribution in [1.29, 1.82) is 0 Å². The van der Waals surface area contributed by atoms with Crippen LogP contribution in [-0.4, -0.2) is 27.6 Å². The molecular formula is C59H58IrN4OSi-2. The summed E-state index contributed by atoms with van der Waals surface area (Å²) < 4.78 is 8.82. The Balaban J connectivity index is 0.000000228. The van der Waals surface area contributed by atoms with Crippen LogP contribution in [0.4, 0.5) is 0 Å². The summed E-state index contributed by atoms with van der Waals surface area (Å²) in [6, 6.07) is 53.1. The molecule has 0 amide bonds. The van der Waals surface area contributed by atoms with E-state index in [0.717, 1.165) is 78.6 Å². The van der Waals surface area contributed by atoms with Crippen molar-refractivity contribution >= 4 is 57.1 Å². The van der Waals surface area contributed by atoms with Gasteiger partial charge in [-0.25, -0.2) is 4.98 Å². The summed E-state index contributed by atoms with van der Waals surface area (Å²) in [5.41, 5.74) is 14.1. The molecule has 10 aromatic rings. The van der Waals surface area contributed by atoms with Crippen LogP contribution in [-0.2, 0) is 26.5 Å². The molecule has 6 aromatic carbocycles. The van der Waals surface area contributed by atoms with Gasteiger partial charge in [-0.05, 0) is 75.0 Å². The zero-order valence-corrected chi connectivity index (χ0v) is 43.1. The van der Waals surface area contributed by atoms with Gasteiger partial charge in [0.25, 0.3) is 0 Å². The average Bonchev–Trinajstić information content (AvgIpc) is 3.88. The second-order valence-electron chi connectivity index (χ2n) is 20.2. The van der Waals surface area contributed by atoms with Crippen molar-refractivity contribution in [1.82, 2.24) is 19.5 Å². The molecule has 0 aliphatic carbocycles. The van der Waals surface area contributed by atoms with E-state index in [1.807, 2.05) is 48.7 Å². The normalized spacial score (nSPS) is 12.0. The number of imidazole rings is 1. The summed E-state index contributed by atoms with van der Waals surface area (Å²) >= 11 is 0. The van der Waals surface area contributed by atoms with E-state index in [1.165, 1.54) is 33.0 Å². The van der Waals surface area contributed by atoms with Gasteiger partial charge in [0.05, 0.1) is 19.5 Å². The summed E-state index contributed by atoms with van der Waals surface area (Å²) in [6.07, 6.45) is 5.17. The zero-order chi connectivity index (χ0) is 45.6. The first kappa shape index (κ1) is 46.5. The van der Waals surface area contributed by atoms with Gasteiger partial charge in [0.15, 0.2) is 5.65 Å². The van der Waals surface area contributed by atoms with Crippen molar-refractivity contribution in [2.75, 3.05) is 0 Å². The van der Waals surface area contributed by atoms with E-state index in [1.54, 1.807) is 0 Å². The van der Waals surface area contributed by atoms with Gasteiger partial charge < -0.3 is 14.0 Å². The molecule has 0 saturated heterocycles. The summed E-state index contributed by atoms with van der Waals surface area (Å²) in [5, 5.41) is 5.76. The maximum atomic E-state index is 6.54. The first-order valence-corrected chi connectivity index (χ1v) is 26.4. The molecule has 0 bridgehead atoms. The summed E-state index contributed by atoms with van der Waals surface area (Å²) in [4.78, 5) is 15.2. The molecule has 0 saturated carbocycles. The molecule has 10 rings (SSSR count). The molecular weight excluding hydrogens is 1000 g/mol. The van der Waals surface area contributed by atoms with Crippen LogP contribution in [0.5, 0.6) is 0 Å². The van der Waals surface area contributed by atoms with Gasteiger partial charge >= 0.3 is 0 Å². The topological polar surface area (TPSA) is 56.7 Å². The number of para-hydroxylation sites is 1. The number of pyridine rings is 2. The maximum Gasteiger partial charge on any atom is 0.156 e. The number of aromatic nitrogens is 4. The first-order chi connectivity index (χ1) is 31.2. The molecule has 4 heterocycles. The number of benzene rings is 6. The summed E-state index contributed by atoms with van der Waals surface area (Å²) in [5.74, 6) is 1.29. The molecule has 7 heteroatoms. The number of rotatable bonds is 8. The monoisotopic (exact) mass is 1060 g/mol. The fourth-order valence-electron chi connectivity index (χ4n) is 9.11. The minimum absolute atomic E-state index is 0. The van der Waals surface area contributed by atoms with Crippen molar-refractivity contribution in [2.45, 2.75) is 86.4 Å². The molecule has 0 aliphatic heterocycles. The number of hydrogen-bond donors (Lipinski definition) is 0. The van der Waals surface area contributed by atoms with Gasteiger partial charge in [0.1, 0.15) is 11.1 Å². The van der Waals surface area contributed by atoms with Crippen LogP contribution in [0.1, 0.15) is 77.0 Å². The molecule has 0 fully saturated rings. The zero-order valence-electron chi connectivity index (χ0n) is 39.7. The Hall–Kier alpha value is -5.98. The molecule has 4 aromatic heterocycles. The second kappa shape index (κ2) is 18.7. The largest absolute Gasteiger partial charge is 0.501 e. The number of hydrogen-bond acceptors (Lipinski definition) is 4. The smallest absolute Gasteiger partial charge is 0.156 e. The van der Waals surface area contributed by atoms with Crippen LogP contribution in [0.3, 0.4) is 0 Å². The molecule has 0 aliphatic rings. The fraction of sp³-hybridized carbons (Fsp3) is 0.237. The molecule has 66 heavy (non-hydrogen) atoms. The number of furan rings is 1. The van der Waals surface area contributed by atoms with Crippen LogP contribution in [0.25, 0.3) is 83.3 Å². The van der Waals surface area contributed by atoms with Crippen molar-refractivity contribution in [3.8, 4) is 39.5 Å². The average molecular weight is 1060 g/mol. The van der Waals surface area contributed by atoms with Crippen molar-refractivity contribution in [3.63, 3.8) is 0 Å². The van der Waals surface area contributed by atoms with E-state index in [2.05, 4.69) is 182 Å². The summed E-state index contributed by atoms with van der Waals surface area (Å²) in [7, 11) is -1.37. The second-order valence-corrected chi connectivity index (χ2v) is 25.2.